The molecule has 1 aliphatic heterocycles. The molecular formula is C17H14FN5O2S. The number of anilines is 1. The molecule has 0 aliphatic carbocycles. The topological polar surface area (TPSA) is 95.8 Å². The third kappa shape index (κ3) is 4.96. The predicted octanol–water partition coefficient (Wildman–Crippen LogP) is 2.17. The molecule has 26 heavy (non-hydrogen) atoms. The first-order valence-electron chi connectivity index (χ1n) is 7.64. The number of nitrogens with one attached hydrogen (secondary N) is 2. The molecule has 1 aliphatic rings. The van der Waals surface area contributed by atoms with Crippen LogP contribution in [-0.4, -0.2) is 33.4 Å². The number of amides is 2. The largest absolute Gasteiger partial charge is 0.326 e. The Morgan fingerprint density at radius 1 is 1.35 bits per heavy atom. The van der Waals surface area contributed by atoms with Gasteiger partial charge < -0.3 is 10.6 Å². The zero-order valence-corrected chi connectivity index (χ0v) is 14.2. The number of carbonyl (C=O) groups excluding carboxylic acids is 2. The van der Waals surface area contributed by atoms with E-state index in [4.69, 9.17) is 0 Å². The minimum absolute atomic E-state index is 0.0286. The molecule has 2 heterocycles. The molecule has 0 spiro atoms. The van der Waals surface area contributed by atoms with Crippen LogP contribution in [0.25, 0.3) is 0 Å². The van der Waals surface area contributed by atoms with Gasteiger partial charge in [0.05, 0.1) is 6.21 Å². The van der Waals surface area contributed by atoms with Crippen molar-refractivity contribution in [1.29, 1.82) is 0 Å². The third-order valence-electron chi connectivity index (χ3n) is 3.32. The van der Waals surface area contributed by atoms with Crippen LogP contribution in [-0.2, 0) is 9.59 Å². The van der Waals surface area contributed by atoms with E-state index in [1.807, 2.05) is 6.07 Å². The van der Waals surface area contributed by atoms with Gasteiger partial charge in [-0.15, -0.1) is 5.10 Å². The fraction of sp³-hybridized carbons (Fsp3) is 0.118. The number of aromatic nitrogens is 1. The molecule has 0 saturated carbocycles. The number of carbonyl (C=O) groups is 2. The van der Waals surface area contributed by atoms with Gasteiger partial charge in [-0.3, -0.25) is 14.6 Å². The second-order valence-corrected chi connectivity index (χ2v) is 6.48. The molecule has 0 radical (unpaired) electrons. The predicted molar refractivity (Wildman–Crippen MR) is 98.4 cm³/mol. The smallest absolute Gasteiger partial charge is 0.240 e. The Bertz CT molecular complexity index is 855. The first-order chi connectivity index (χ1) is 12.6. The van der Waals surface area contributed by atoms with Crippen LogP contribution in [0.2, 0.25) is 0 Å². The standard InChI is InChI=1S/C17H14FN5O2S/c18-12-3-5-13(6-4-12)21-15(24)8-14-16(25)22-17(26-14)23-20-10-11-2-1-7-19-9-11/h1-7,9-10,14H,8H2,(H,21,24)(H,22,23,25). The van der Waals surface area contributed by atoms with E-state index < -0.39 is 5.25 Å². The number of hydrogen-bond acceptors (Lipinski definition) is 6. The minimum Gasteiger partial charge on any atom is -0.326 e. The van der Waals surface area contributed by atoms with Gasteiger partial charge in [0.1, 0.15) is 11.1 Å². The fourth-order valence-electron chi connectivity index (χ4n) is 2.10. The highest BCUT2D eigenvalue weighted by Gasteiger charge is 2.32. The van der Waals surface area contributed by atoms with Crippen LogP contribution in [0.4, 0.5) is 10.1 Å². The number of benzene rings is 1. The Hall–Kier alpha value is -3.07. The van der Waals surface area contributed by atoms with Crippen LogP contribution < -0.4 is 10.6 Å². The molecule has 1 aromatic carbocycles. The highest BCUT2D eigenvalue weighted by Crippen LogP contribution is 2.23. The lowest BCUT2D eigenvalue weighted by Gasteiger charge is -2.07. The van der Waals surface area contributed by atoms with Gasteiger partial charge in [0.2, 0.25) is 11.8 Å². The summed E-state index contributed by atoms with van der Waals surface area (Å²) in [7, 11) is 0. The molecule has 1 atom stereocenters. The lowest BCUT2D eigenvalue weighted by Crippen LogP contribution is -2.28. The van der Waals surface area contributed by atoms with Gasteiger partial charge in [-0.05, 0) is 30.3 Å². The molecule has 2 aromatic rings. The summed E-state index contributed by atoms with van der Waals surface area (Å²) in [5.74, 6) is -1.04. The van der Waals surface area contributed by atoms with Gasteiger partial charge in [-0.1, -0.05) is 17.8 Å². The maximum absolute atomic E-state index is 12.9. The van der Waals surface area contributed by atoms with Crippen LogP contribution in [0, 0.1) is 5.82 Å². The summed E-state index contributed by atoms with van der Waals surface area (Å²) in [5, 5.41) is 12.8. The lowest BCUT2D eigenvalue weighted by molar-refractivity contribution is -0.122. The van der Waals surface area contributed by atoms with Crippen LogP contribution in [0.5, 0.6) is 0 Å². The van der Waals surface area contributed by atoms with E-state index in [9.17, 15) is 14.0 Å². The number of pyridine rings is 1. The van der Waals surface area contributed by atoms with Crippen molar-refractivity contribution in [2.24, 2.45) is 10.2 Å². The van der Waals surface area contributed by atoms with Crippen LogP contribution in [0.15, 0.2) is 59.0 Å². The molecule has 1 fully saturated rings. The second-order valence-electron chi connectivity index (χ2n) is 5.29. The van der Waals surface area contributed by atoms with Gasteiger partial charge in [-0.25, -0.2) is 4.39 Å². The average molecular weight is 371 g/mol. The minimum atomic E-state index is -0.595. The molecule has 3 rings (SSSR count). The summed E-state index contributed by atoms with van der Waals surface area (Å²) in [6.45, 7) is 0. The first kappa shape index (κ1) is 17.7. The maximum Gasteiger partial charge on any atom is 0.240 e. The summed E-state index contributed by atoms with van der Waals surface area (Å²) in [6.07, 6.45) is 4.77. The van der Waals surface area contributed by atoms with Crippen molar-refractivity contribution in [1.82, 2.24) is 10.3 Å². The van der Waals surface area contributed by atoms with E-state index in [2.05, 4.69) is 25.8 Å². The molecule has 2 amide bonds. The number of nitrogens with zero attached hydrogens (tertiary/aromatic N) is 3. The molecule has 1 unspecified atom stereocenters. The fourth-order valence-corrected chi connectivity index (χ4v) is 3.02. The summed E-state index contributed by atoms with van der Waals surface area (Å²) >= 11 is 1.13. The lowest BCUT2D eigenvalue weighted by atomic mass is 10.2. The summed E-state index contributed by atoms with van der Waals surface area (Å²) in [4.78, 5) is 27.9. The van der Waals surface area contributed by atoms with E-state index in [-0.39, 0.29) is 24.1 Å². The number of rotatable bonds is 5. The Balaban J connectivity index is 1.54. The Morgan fingerprint density at radius 3 is 2.88 bits per heavy atom. The maximum atomic E-state index is 12.9. The first-order valence-corrected chi connectivity index (χ1v) is 8.52. The van der Waals surface area contributed by atoms with Gasteiger partial charge in [0, 0.05) is 30.1 Å². The van der Waals surface area contributed by atoms with Gasteiger partial charge >= 0.3 is 0 Å². The third-order valence-corrected chi connectivity index (χ3v) is 4.39. The van der Waals surface area contributed by atoms with E-state index in [0.29, 0.717) is 10.9 Å². The van der Waals surface area contributed by atoms with Crippen molar-refractivity contribution < 1.29 is 14.0 Å². The molecule has 1 saturated heterocycles. The van der Waals surface area contributed by atoms with Crippen molar-refractivity contribution >= 4 is 40.6 Å². The molecule has 0 bridgehead atoms. The van der Waals surface area contributed by atoms with Gasteiger partial charge in [0.25, 0.3) is 0 Å². The number of hydrogen-bond donors (Lipinski definition) is 2. The molecule has 9 heteroatoms. The monoisotopic (exact) mass is 371 g/mol. The van der Waals surface area contributed by atoms with Crippen molar-refractivity contribution in [3.8, 4) is 0 Å². The summed E-state index contributed by atoms with van der Waals surface area (Å²) in [6, 6.07) is 9.00. The number of thioether (sulfide) groups is 1. The van der Waals surface area contributed by atoms with Crippen LogP contribution in [0.1, 0.15) is 12.0 Å². The highest BCUT2D eigenvalue weighted by atomic mass is 32.2. The summed E-state index contributed by atoms with van der Waals surface area (Å²) in [5.41, 5.74) is 1.25. The Kier molecular flexibility index (Phi) is 5.69. The van der Waals surface area contributed by atoms with E-state index in [1.54, 1.807) is 18.5 Å². The normalized spacial score (nSPS) is 18.3. The van der Waals surface area contributed by atoms with Gasteiger partial charge in [-0.2, -0.15) is 5.10 Å². The Morgan fingerprint density at radius 2 is 2.15 bits per heavy atom. The van der Waals surface area contributed by atoms with E-state index >= 15 is 0 Å². The van der Waals surface area contributed by atoms with Gasteiger partial charge in [0.15, 0.2) is 5.17 Å². The average Bonchev–Trinajstić information content (AvgIpc) is 2.97. The molecule has 7 nitrogen and oxygen atoms in total. The molecule has 2 N–H and O–H groups in total. The van der Waals surface area contributed by atoms with Crippen molar-refractivity contribution in [2.45, 2.75) is 11.7 Å². The van der Waals surface area contributed by atoms with Crippen LogP contribution >= 0.6 is 11.8 Å². The van der Waals surface area contributed by atoms with Crippen molar-refractivity contribution in [2.75, 3.05) is 5.32 Å². The van der Waals surface area contributed by atoms with E-state index in [1.165, 1.54) is 30.5 Å². The molecule has 1 aromatic heterocycles. The second kappa shape index (κ2) is 8.34. The van der Waals surface area contributed by atoms with Crippen molar-refractivity contribution in [3.63, 3.8) is 0 Å². The SMILES string of the molecule is O=C(CC1S/C(=N/N=Cc2cccnc2)NC1=O)Nc1ccc(F)cc1. The van der Waals surface area contributed by atoms with Crippen LogP contribution in [0.3, 0.4) is 0 Å². The zero-order chi connectivity index (χ0) is 18.4. The molecular weight excluding hydrogens is 357 g/mol. The van der Waals surface area contributed by atoms with E-state index in [0.717, 1.165) is 17.3 Å². The quantitative estimate of drug-likeness (QED) is 0.622. The number of halogens is 1. The molecule has 132 valence electrons. The zero-order valence-electron chi connectivity index (χ0n) is 13.4. The van der Waals surface area contributed by atoms with Crippen molar-refractivity contribution in [3.05, 3.63) is 60.2 Å². The Labute approximate surface area is 152 Å². The summed E-state index contributed by atoms with van der Waals surface area (Å²) < 4.78 is 12.9. The highest BCUT2D eigenvalue weighted by molar-refractivity contribution is 8.15. The number of amidine groups is 1.